The summed E-state index contributed by atoms with van der Waals surface area (Å²) in [6.07, 6.45) is -0.145. The molecule has 6 heteroatoms. The van der Waals surface area contributed by atoms with Gasteiger partial charge in [0.25, 0.3) is 0 Å². The Hall–Kier alpha value is -1.14. The van der Waals surface area contributed by atoms with Gasteiger partial charge in [-0.3, -0.25) is 9.59 Å². The number of carbonyl (C=O) groups excluding carboxylic acids is 2. The molecule has 4 N–H and O–H groups in total. The van der Waals surface area contributed by atoms with Gasteiger partial charge >= 0.3 is 11.8 Å². The predicted octanol–water partition coefficient (Wildman–Crippen LogP) is -1.63. The molecule has 0 heterocycles. The molecule has 6 nitrogen and oxygen atoms in total. The Kier molecular flexibility index (Phi) is 6.64. The van der Waals surface area contributed by atoms with Crippen molar-refractivity contribution in [3.05, 3.63) is 0 Å². The summed E-state index contributed by atoms with van der Waals surface area (Å²) in [6, 6.07) is -0.408. The molecule has 0 aromatic rings. The largest absolute Gasteiger partial charge is 0.394 e. The van der Waals surface area contributed by atoms with Crippen LogP contribution in [0.15, 0.2) is 0 Å². The first-order valence-electron chi connectivity index (χ1n) is 4.88. The number of nitrogens with one attached hydrogen (secondary N) is 2. The summed E-state index contributed by atoms with van der Waals surface area (Å²) < 4.78 is 0. The van der Waals surface area contributed by atoms with Crippen LogP contribution in [0.3, 0.4) is 0 Å². The van der Waals surface area contributed by atoms with Crippen molar-refractivity contribution >= 4 is 11.8 Å². The Morgan fingerprint density at radius 1 is 1.33 bits per heavy atom. The van der Waals surface area contributed by atoms with Crippen molar-refractivity contribution in [3.63, 3.8) is 0 Å². The highest BCUT2D eigenvalue weighted by atomic mass is 16.3. The molecule has 0 radical (unpaired) electrons. The molecule has 15 heavy (non-hydrogen) atoms. The smallest absolute Gasteiger partial charge is 0.309 e. The molecule has 2 amide bonds. The standard InChI is InChI=1S/C9H18N2O4/c1-3-7(5-12)11-9(15)8(14)10-4-6(2)13/h6-7,12-13H,3-5H2,1-2H3,(H,10,14)(H,11,15). The average Bonchev–Trinajstić information content (AvgIpc) is 2.21. The molecule has 0 fully saturated rings. The van der Waals surface area contributed by atoms with Crippen LogP contribution in [-0.2, 0) is 9.59 Å². The van der Waals surface area contributed by atoms with Crippen LogP contribution in [0.2, 0.25) is 0 Å². The third-order valence-corrected chi connectivity index (χ3v) is 1.81. The fourth-order valence-electron chi connectivity index (χ4n) is 0.848. The van der Waals surface area contributed by atoms with E-state index >= 15 is 0 Å². The van der Waals surface area contributed by atoms with Crippen LogP contribution in [0.5, 0.6) is 0 Å². The van der Waals surface area contributed by atoms with Crippen LogP contribution in [0.1, 0.15) is 20.3 Å². The molecule has 2 unspecified atom stereocenters. The molecule has 0 aliphatic rings. The van der Waals surface area contributed by atoms with Gasteiger partial charge in [0.2, 0.25) is 0 Å². The zero-order chi connectivity index (χ0) is 11.8. The molecule has 2 atom stereocenters. The second kappa shape index (κ2) is 7.19. The van der Waals surface area contributed by atoms with E-state index in [-0.39, 0.29) is 13.2 Å². The molecule has 0 aliphatic carbocycles. The summed E-state index contributed by atoms with van der Waals surface area (Å²) in [5, 5.41) is 22.3. The molecule has 0 aromatic carbocycles. The highest BCUT2D eigenvalue weighted by Gasteiger charge is 2.16. The minimum atomic E-state index is -0.803. The Bertz CT molecular complexity index is 214. The average molecular weight is 218 g/mol. The van der Waals surface area contributed by atoms with E-state index in [9.17, 15) is 9.59 Å². The Balaban J connectivity index is 3.93. The van der Waals surface area contributed by atoms with Crippen LogP contribution in [-0.4, -0.2) is 47.3 Å². The van der Waals surface area contributed by atoms with Gasteiger partial charge < -0.3 is 20.8 Å². The maximum Gasteiger partial charge on any atom is 0.309 e. The normalized spacial score (nSPS) is 14.1. The fraction of sp³-hybridized carbons (Fsp3) is 0.778. The van der Waals surface area contributed by atoms with Gasteiger partial charge in [-0.15, -0.1) is 0 Å². The lowest BCUT2D eigenvalue weighted by Gasteiger charge is -2.13. The van der Waals surface area contributed by atoms with Crippen LogP contribution < -0.4 is 10.6 Å². The van der Waals surface area contributed by atoms with E-state index in [1.807, 2.05) is 0 Å². The first-order valence-corrected chi connectivity index (χ1v) is 4.88. The van der Waals surface area contributed by atoms with Gasteiger partial charge in [0.15, 0.2) is 0 Å². The van der Waals surface area contributed by atoms with Crippen LogP contribution in [0, 0.1) is 0 Å². The van der Waals surface area contributed by atoms with Crippen molar-refractivity contribution in [2.75, 3.05) is 13.2 Å². The van der Waals surface area contributed by atoms with Gasteiger partial charge in [-0.2, -0.15) is 0 Å². The van der Waals surface area contributed by atoms with Gasteiger partial charge in [0, 0.05) is 6.54 Å². The van der Waals surface area contributed by atoms with E-state index in [1.54, 1.807) is 6.92 Å². The maximum atomic E-state index is 11.2. The fourth-order valence-corrected chi connectivity index (χ4v) is 0.848. The van der Waals surface area contributed by atoms with Crippen molar-refractivity contribution in [2.45, 2.75) is 32.4 Å². The van der Waals surface area contributed by atoms with Crippen molar-refractivity contribution in [1.82, 2.24) is 10.6 Å². The molecule has 0 rings (SSSR count). The summed E-state index contributed by atoms with van der Waals surface area (Å²) in [4.78, 5) is 22.3. The Morgan fingerprint density at radius 3 is 2.33 bits per heavy atom. The monoisotopic (exact) mass is 218 g/mol. The van der Waals surface area contributed by atoms with Gasteiger partial charge in [0.1, 0.15) is 0 Å². The van der Waals surface area contributed by atoms with E-state index in [2.05, 4.69) is 10.6 Å². The third-order valence-electron chi connectivity index (χ3n) is 1.81. The zero-order valence-electron chi connectivity index (χ0n) is 8.99. The molecule has 88 valence electrons. The van der Waals surface area contributed by atoms with E-state index < -0.39 is 24.0 Å². The van der Waals surface area contributed by atoms with Gasteiger partial charge in [-0.25, -0.2) is 0 Å². The first-order chi connectivity index (χ1) is 7.01. The van der Waals surface area contributed by atoms with Gasteiger partial charge in [0.05, 0.1) is 18.8 Å². The number of rotatable bonds is 5. The number of aliphatic hydroxyl groups is 2. The number of hydrogen-bond acceptors (Lipinski definition) is 4. The third kappa shape index (κ3) is 6.03. The topological polar surface area (TPSA) is 98.7 Å². The highest BCUT2D eigenvalue weighted by Crippen LogP contribution is 1.88. The molecule has 0 bridgehead atoms. The summed E-state index contributed by atoms with van der Waals surface area (Å²) in [6.45, 7) is 3.11. The lowest BCUT2D eigenvalue weighted by molar-refractivity contribution is -0.140. The minimum Gasteiger partial charge on any atom is -0.394 e. The van der Waals surface area contributed by atoms with E-state index in [0.717, 1.165) is 0 Å². The molecule has 0 spiro atoms. The Morgan fingerprint density at radius 2 is 1.93 bits per heavy atom. The Labute approximate surface area is 88.7 Å². The van der Waals surface area contributed by atoms with Crippen molar-refractivity contribution in [1.29, 1.82) is 0 Å². The molecule has 0 aromatic heterocycles. The molecular weight excluding hydrogens is 200 g/mol. The second-order valence-corrected chi connectivity index (χ2v) is 3.32. The molecule has 0 aliphatic heterocycles. The summed E-state index contributed by atoms with van der Waals surface area (Å²) in [5.74, 6) is -1.60. The predicted molar refractivity (Wildman–Crippen MR) is 54.0 cm³/mol. The minimum absolute atomic E-state index is 0.0299. The second-order valence-electron chi connectivity index (χ2n) is 3.32. The van der Waals surface area contributed by atoms with Crippen LogP contribution in [0.4, 0.5) is 0 Å². The number of amides is 2. The van der Waals surface area contributed by atoms with E-state index in [1.165, 1.54) is 6.92 Å². The summed E-state index contributed by atoms with van der Waals surface area (Å²) in [5.41, 5.74) is 0. The van der Waals surface area contributed by atoms with Crippen LogP contribution >= 0.6 is 0 Å². The summed E-state index contributed by atoms with van der Waals surface area (Å²) >= 11 is 0. The van der Waals surface area contributed by atoms with Gasteiger partial charge in [-0.1, -0.05) is 6.92 Å². The molecular formula is C9H18N2O4. The number of aliphatic hydroxyl groups excluding tert-OH is 2. The number of carbonyl (C=O) groups is 2. The summed E-state index contributed by atoms with van der Waals surface area (Å²) in [7, 11) is 0. The number of hydrogen-bond donors (Lipinski definition) is 4. The lowest BCUT2D eigenvalue weighted by atomic mass is 10.2. The van der Waals surface area contributed by atoms with E-state index in [0.29, 0.717) is 6.42 Å². The van der Waals surface area contributed by atoms with Crippen molar-refractivity contribution < 1.29 is 19.8 Å². The highest BCUT2D eigenvalue weighted by molar-refractivity contribution is 6.35. The van der Waals surface area contributed by atoms with Crippen LogP contribution in [0.25, 0.3) is 0 Å². The first kappa shape index (κ1) is 13.9. The zero-order valence-corrected chi connectivity index (χ0v) is 8.99. The van der Waals surface area contributed by atoms with E-state index in [4.69, 9.17) is 10.2 Å². The maximum absolute atomic E-state index is 11.2. The van der Waals surface area contributed by atoms with Crippen molar-refractivity contribution in [3.8, 4) is 0 Å². The SMILES string of the molecule is CCC(CO)NC(=O)C(=O)NCC(C)O. The molecule has 0 saturated carbocycles. The quantitative estimate of drug-likeness (QED) is 0.416. The molecule has 0 saturated heterocycles. The van der Waals surface area contributed by atoms with Crippen molar-refractivity contribution in [2.24, 2.45) is 0 Å². The van der Waals surface area contributed by atoms with Gasteiger partial charge in [-0.05, 0) is 13.3 Å². The lowest BCUT2D eigenvalue weighted by Crippen LogP contribution is -2.46.